The van der Waals surface area contributed by atoms with Gasteiger partial charge in [0.15, 0.2) is 0 Å². The lowest BCUT2D eigenvalue weighted by molar-refractivity contribution is -0.171. The first kappa shape index (κ1) is 16.8. The average molecular weight is 306 g/mol. The minimum atomic E-state index is -4.51. The maximum Gasteiger partial charge on any atom is 0.416 e. The molecule has 0 radical (unpaired) electrons. The summed E-state index contributed by atoms with van der Waals surface area (Å²) in [4.78, 5) is 27.3. The summed E-state index contributed by atoms with van der Waals surface area (Å²) in [6, 6.07) is 2.24. The van der Waals surface area contributed by atoms with Crippen LogP contribution in [0.1, 0.15) is 17.2 Å². The van der Waals surface area contributed by atoms with E-state index < -0.39 is 29.8 Å². The Bertz CT molecular complexity index is 516. The molecule has 1 aromatic carbocycles. The van der Waals surface area contributed by atoms with Gasteiger partial charge in [-0.1, -0.05) is 12.1 Å². The van der Waals surface area contributed by atoms with E-state index in [1.807, 2.05) is 5.32 Å². The molecule has 0 fully saturated rings. The van der Waals surface area contributed by atoms with Crippen molar-refractivity contribution in [1.82, 2.24) is 10.4 Å². The fraction of sp³-hybridized carbons (Fsp3) is 0.333. The van der Waals surface area contributed by atoms with Crippen LogP contribution in [0, 0.1) is 0 Å². The average Bonchev–Trinajstić information content (AvgIpc) is 2.42. The van der Waals surface area contributed by atoms with Crippen molar-refractivity contribution in [3.8, 4) is 0 Å². The number of carbonyl (C=O) groups is 2. The van der Waals surface area contributed by atoms with Crippen LogP contribution >= 0.6 is 0 Å². The molecule has 0 aliphatic heterocycles. The highest BCUT2D eigenvalue weighted by molar-refractivity contribution is 5.85. The van der Waals surface area contributed by atoms with Gasteiger partial charge in [-0.05, 0) is 17.7 Å². The second kappa shape index (κ2) is 6.44. The molecular weight excluding hydrogens is 293 g/mol. The number of benzene rings is 1. The summed E-state index contributed by atoms with van der Waals surface area (Å²) in [6.45, 7) is 0. The summed E-state index contributed by atoms with van der Waals surface area (Å²) in [7, 11) is 2.45. The van der Waals surface area contributed by atoms with Crippen molar-refractivity contribution in [3.05, 3.63) is 35.4 Å². The van der Waals surface area contributed by atoms with Crippen LogP contribution in [0.4, 0.5) is 18.0 Å². The first-order valence-corrected chi connectivity index (χ1v) is 5.65. The van der Waals surface area contributed by atoms with Gasteiger partial charge in [0.25, 0.3) is 5.91 Å². The molecule has 0 spiro atoms. The van der Waals surface area contributed by atoms with Crippen molar-refractivity contribution in [2.45, 2.75) is 12.2 Å². The quantitative estimate of drug-likeness (QED) is 0.834. The van der Waals surface area contributed by atoms with Crippen LogP contribution < -0.4 is 5.32 Å². The number of carboxylic acid groups (broad SMARTS) is 1. The van der Waals surface area contributed by atoms with Crippen LogP contribution in [-0.2, 0) is 15.8 Å². The van der Waals surface area contributed by atoms with E-state index in [-0.39, 0.29) is 5.56 Å². The highest BCUT2D eigenvalue weighted by atomic mass is 19.4. The van der Waals surface area contributed by atoms with Crippen LogP contribution in [0.2, 0.25) is 0 Å². The molecule has 9 heteroatoms. The molecule has 0 heterocycles. The number of alkyl halides is 3. The van der Waals surface area contributed by atoms with Crippen molar-refractivity contribution in [2.24, 2.45) is 0 Å². The lowest BCUT2D eigenvalue weighted by atomic mass is 10.0. The molecule has 2 N–H and O–H groups in total. The van der Waals surface area contributed by atoms with Gasteiger partial charge in [-0.2, -0.15) is 13.2 Å². The van der Waals surface area contributed by atoms with Crippen molar-refractivity contribution < 1.29 is 32.7 Å². The first-order valence-electron chi connectivity index (χ1n) is 5.65. The van der Waals surface area contributed by atoms with Crippen molar-refractivity contribution >= 4 is 12.0 Å². The van der Waals surface area contributed by atoms with Gasteiger partial charge in [0.2, 0.25) is 0 Å². The molecule has 116 valence electrons. The van der Waals surface area contributed by atoms with Gasteiger partial charge in [-0.3, -0.25) is 9.63 Å². The SMILES string of the molecule is CON(C)C(=O)C(NC(=O)O)c1ccc(C(F)(F)F)cc1. The summed E-state index contributed by atoms with van der Waals surface area (Å²) >= 11 is 0. The van der Waals surface area contributed by atoms with Crippen molar-refractivity contribution in [3.63, 3.8) is 0 Å². The molecule has 6 nitrogen and oxygen atoms in total. The van der Waals surface area contributed by atoms with Crippen molar-refractivity contribution in [1.29, 1.82) is 0 Å². The number of nitrogens with one attached hydrogen (secondary N) is 1. The third kappa shape index (κ3) is 4.35. The molecule has 0 aliphatic carbocycles. The van der Waals surface area contributed by atoms with Crippen LogP contribution in [0.5, 0.6) is 0 Å². The zero-order valence-electron chi connectivity index (χ0n) is 11.1. The third-order valence-electron chi connectivity index (χ3n) is 2.67. The largest absolute Gasteiger partial charge is 0.465 e. The van der Waals surface area contributed by atoms with Gasteiger partial charge in [-0.15, -0.1) is 0 Å². The number of hydroxylamine groups is 2. The minimum absolute atomic E-state index is 0.0688. The van der Waals surface area contributed by atoms with E-state index in [0.717, 1.165) is 29.3 Å². The zero-order valence-corrected chi connectivity index (χ0v) is 11.1. The summed E-state index contributed by atoms with van der Waals surface area (Å²) in [5.74, 6) is -0.764. The van der Waals surface area contributed by atoms with E-state index in [4.69, 9.17) is 5.11 Å². The van der Waals surface area contributed by atoms with Crippen LogP contribution in [-0.4, -0.2) is 36.3 Å². The van der Waals surface area contributed by atoms with Gasteiger partial charge < -0.3 is 10.4 Å². The Morgan fingerprint density at radius 2 is 1.81 bits per heavy atom. The van der Waals surface area contributed by atoms with E-state index in [0.29, 0.717) is 0 Å². The fourth-order valence-corrected chi connectivity index (χ4v) is 1.55. The number of amides is 2. The number of halogens is 3. The normalized spacial score (nSPS) is 12.6. The van der Waals surface area contributed by atoms with E-state index in [1.165, 1.54) is 14.2 Å². The number of hydrogen-bond acceptors (Lipinski definition) is 3. The molecule has 0 bridgehead atoms. The predicted octanol–water partition coefficient (Wildman–Crippen LogP) is 2.03. The van der Waals surface area contributed by atoms with Gasteiger partial charge in [0.1, 0.15) is 6.04 Å². The molecule has 0 aliphatic rings. The van der Waals surface area contributed by atoms with Gasteiger partial charge >= 0.3 is 12.3 Å². The molecule has 1 rings (SSSR count). The molecule has 0 saturated carbocycles. The summed E-state index contributed by atoms with van der Waals surface area (Å²) in [5, 5.41) is 11.4. The number of carbonyl (C=O) groups excluding carboxylic acids is 1. The van der Waals surface area contributed by atoms with E-state index in [9.17, 15) is 22.8 Å². The molecule has 1 unspecified atom stereocenters. The predicted molar refractivity (Wildman–Crippen MR) is 65.1 cm³/mol. The highest BCUT2D eigenvalue weighted by Gasteiger charge is 2.31. The van der Waals surface area contributed by atoms with Gasteiger partial charge in [0, 0.05) is 7.05 Å². The minimum Gasteiger partial charge on any atom is -0.465 e. The van der Waals surface area contributed by atoms with Crippen molar-refractivity contribution in [2.75, 3.05) is 14.2 Å². The molecule has 2 amide bonds. The molecule has 21 heavy (non-hydrogen) atoms. The van der Waals surface area contributed by atoms with Crippen LogP contribution in [0.3, 0.4) is 0 Å². The Labute approximate surface area is 118 Å². The Morgan fingerprint density at radius 3 is 2.19 bits per heavy atom. The molecule has 1 atom stereocenters. The number of rotatable bonds is 4. The lowest BCUT2D eigenvalue weighted by Crippen LogP contribution is -2.40. The molecule has 0 saturated heterocycles. The Balaban J connectivity index is 3.09. The molecular formula is C12H13F3N2O4. The Morgan fingerprint density at radius 1 is 1.29 bits per heavy atom. The van der Waals surface area contributed by atoms with Gasteiger partial charge in [0.05, 0.1) is 12.7 Å². The van der Waals surface area contributed by atoms with Crippen LogP contribution in [0.25, 0.3) is 0 Å². The Hall–Kier alpha value is -2.29. The van der Waals surface area contributed by atoms with E-state index in [1.54, 1.807) is 0 Å². The lowest BCUT2D eigenvalue weighted by Gasteiger charge is -2.22. The topological polar surface area (TPSA) is 78.9 Å². The monoisotopic (exact) mass is 306 g/mol. The van der Waals surface area contributed by atoms with E-state index in [2.05, 4.69) is 4.84 Å². The fourth-order valence-electron chi connectivity index (χ4n) is 1.55. The standard InChI is InChI=1S/C12H13F3N2O4/c1-17(21-2)10(18)9(16-11(19)20)7-3-5-8(6-4-7)12(13,14)15/h3-6,9,16H,1-2H3,(H,19,20). The zero-order chi connectivity index (χ0) is 16.2. The number of likely N-dealkylation sites (N-methyl/N-ethyl adjacent to an activating group) is 1. The maximum atomic E-state index is 12.5. The van der Waals surface area contributed by atoms with E-state index >= 15 is 0 Å². The summed E-state index contributed by atoms with van der Waals surface area (Å²) in [5.41, 5.74) is -0.827. The summed E-state index contributed by atoms with van der Waals surface area (Å²) in [6.07, 6.45) is -6.00. The second-order valence-electron chi connectivity index (χ2n) is 4.02. The number of nitrogens with zero attached hydrogens (tertiary/aromatic N) is 1. The maximum absolute atomic E-state index is 12.5. The smallest absolute Gasteiger partial charge is 0.416 e. The Kier molecular flexibility index (Phi) is 5.14. The molecule has 1 aromatic rings. The highest BCUT2D eigenvalue weighted by Crippen LogP contribution is 2.30. The van der Waals surface area contributed by atoms with Gasteiger partial charge in [-0.25, -0.2) is 9.86 Å². The summed E-state index contributed by atoms with van der Waals surface area (Å²) < 4.78 is 37.4. The third-order valence-corrected chi connectivity index (χ3v) is 2.67. The second-order valence-corrected chi connectivity index (χ2v) is 4.02. The number of hydrogen-bond donors (Lipinski definition) is 2. The molecule has 0 aromatic heterocycles. The van der Waals surface area contributed by atoms with Crippen LogP contribution in [0.15, 0.2) is 24.3 Å². The first-order chi connectivity index (χ1) is 9.66.